The van der Waals surface area contributed by atoms with Gasteiger partial charge in [-0.3, -0.25) is 4.57 Å². The van der Waals surface area contributed by atoms with E-state index in [0.29, 0.717) is 5.95 Å². The molecule has 4 heterocycles. The van der Waals surface area contributed by atoms with Crippen LogP contribution in [0.1, 0.15) is 0 Å². The van der Waals surface area contributed by atoms with Crippen LogP contribution in [0.25, 0.3) is 82.7 Å². The maximum atomic E-state index is 4.59. The van der Waals surface area contributed by atoms with Crippen LogP contribution in [0.5, 0.6) is 0 Å². The molecule has 0 fully saturated rings. The molecule has 0 aliphatic rings. The number of benzene rings is 6. The van der Waals surface area contributed by atoms with Gasteiger partial charge in [0.2, 0.25) is 5.95 Å². The molecular formula is C40H25N5. The number of aromatic nitrogens is 5. The predicted octanol–water partition coefficient (Wildman–Crippen LogP) is 9.77. The van der Waals surface area contributed by atoms with Crippen LogP contribution in [-0.2, 0) is 0 Å². The Morgan fingerprint density at radius 2 is 0.667 bits per heavy atom. The minimum Gasteiger partial charge on any atom is -0.309 e. The Morgan fingerprint density at radius 1 is 0.311 bits per heavy atom. The molecule has 0 spiro atoms. The van der Waals surface area contributed by atoms with Gasteiger partial charge in [0.05, 0.1) is 33.1 Å². The number of nitrogens with zero attached hydrogens (tertiary/aromatic N) is 5. The van der Waals surface area contributed by atoms with E-state index >= 15 is 0 Å². The van der Waals surface area contributed by atoms with Crippen molar-refractivity contribution in [1.82, 2.24) is 23.7 Å². The lowest BCUT2D eigenvalue weighted by Crippen LogP contribution is -2.00. The highest BCUT2D eigenvalue weighted by Crippen LogP contribution is 2.38. The van der Waals surface area contributed by atoms with Crippen molar-refractivity contribution < 1.29 is 0 Å². The van der Waals surface area contributed by atoms with E-state index in [0.717, 1.165) is 22.4 Å². The first-order chi connectivity index (χ1) is 22.3. The number of hydrogen-bond donors (Lipinski definition) is 0. The summed E-state index contributed by atoms with van der Waals surface area (Å²) in [6.07, 6.45) is 3.59. The van der Waals surface area contributed by atoms with Crippen LogP contribution in [0.3, 0.4) is 0 Å². The van der Waals surface area contributed by atoms with Crippen LogP contribution in [0.2, 0.25) is 0 Å². The molecule has 0 unspecified atom stereocenters. The molecule has 5 nitrogen and oxygen atoms in total. The molecule has 10 aromatic rings. The van der Waals surface area contributed by atoms with Crippen LogP contribution in [0, 0.1) is 0 Å². The first-order valence-electron chi connectivity index (χ1n) is 15.2. The van der Waals surface area contributed by atoms with E-state index in [1.807, 2.05) is 6.07 Å². The maximum absolute atomic E-state index is 4.59. The zero-order valence-corrected chi connectivity index (χ0v) is 24.2. The van der Waals surface area contributed by atoms with Crippen molar-refractivity contribution >= 4 is 65.4 Å². The average molecular weight is 576 g/mol. The number of para-hydroxylation sites is 4. The molecule has 0 atom stereocenters. The Kier molecular flexibility index (Phi) is 4.93. The molecule has 0 saturated carbocycles. The second-order valence-corrected chi connectivity index (χ2v) is 11.5. The number of fused-ring (bicyclic) bond motifs is 9. The molecule has 0 saturated heterocycles. The quantitative estimate of drug-likeness (QED) is 0.210. The summed E-state index contributed by atoms with van der Waals surface area (Å²) in [6.45, 7) is 0. The van der Waals surface area contributed by atoms with Crippen molar-refractivity contribution in [3.8, 4) is 17.3 Å². The molecule has 210 valence electrons. The van der Waals surface area contributed by atoms with Gasteiger partial charge < -0.3 is 9.13 Å². The third-order valence-corrected chi connectivity index (χ3v) is 9.16. The summed E-state index contributed by atoms with van der Waals surface area (Å²) in [6, 6.07) is 50.0. The molecule has 5 heteroatoms. The molecule has 0 amide bonds. The Balaban J connectivity index is 1.24. The third kappa shape index (κ3) is 3.38. The standard InChI is InChI=1S/C40H25N5/c1-5-14-34-28(10-1)29-11-2-6-15-35(29)43(34)26-18-20-38-32(24-26)30-12-3-7-16-36(30)44(38)27-19-21-39-33(25-27)31-13-4-8-17-37(31)45(39)40-41-22-9-23-42-40/h1-25H. The van der Waals surface area contributed by atoms with Crippen LogP contribution in [0.15, 0.2) is 152 Å². The smallest absolute Gasteiger partial charge is 0.234 e. The number of hydrogen-bond acceptors (Lipinski definition) is 2. The topological polar surface area (TPSA) is 40.6 Å². The second-order valence-electron chi connectivity index (χ2n) is 11.5. The summed E-state index contributed by atoms with van der Waals surface area (Å²) in [5, 5.41) is 7.34. The van der Waals surface area contributed by atoms with Gasteiger partial charge in [-0.15, -0.1) is 0 Å². The van der Waals surface area contributed by atoms with Crippen molar-refractivity contribution in [2.45, 2.75) is 0 Å². The molecule has 0 aliphatic carbocycles. The number of rotatable bonds is 3. The fraction of sp³-hybridized carbons (Fsp3) is 0. The van der Waals surface area contributed by atoms with Crippen LogP contribution in [0.4, 0.5) is 0 Å². The SMILES string of the molecule is c1cnc(-n2c3ccccc3c3cc(-n4c5ccccc5c5cc(-n6c7ccccc7c7ccccc76)ccc54)ccc32)nc1. The molecule has 0 N–H and O–H groups in total. The van der Waals surface area contributed by atoms with Crippen molar-refractivity contribution in [2.24, 2.45) is 0 Å². The van der Waals surface area contributed by atoms with Crippen LogP contribution < -0.4 is 0 Å². The molecule has 0 radical (unpaired) electrons. The molecule has 4 aromatic heterocycles. The molecule has 45 heavy (non-hydrogen) atoms. The summed E-state index contributed by atoms with van der Waals surface area (Å²) in [7, 11) is 0. The fourth-order valence-electron chi connectivity index (χ4n) is 7.30. The second kappa shape index (κ2) is 9.15. The van der Waals surface area contributed by atoms with Gasteiger partial charge in [0, 0.05) is 56.1 Å². The van der Waals surface area contributed by atoms with E-state index in [1.165, 1.54) is 54.4 Å². The zero-order chi connectivity index (χ0) is 29.5. The lowest BCUT2D eigenvalue weighted by Gasteiger charge is -2.11. The van der Waals surface area contributed by atoms with Gasteiger partial charge in [0.25, 0.3) is 0 Å². The van der Waals surface area contributed by atoms with E-state index < -0.39 is 0 Å². The highest BCUT2D eigenvalue weighted by molar-refractivity contribution is 6.13. The van der Waals surface area contributed by atoms with Gasteiger partial charge in [-0.2, -0.15) is 0 Å². The van der Waals surface area contributed by atoms with E-state index in [4.69, 9.17) is 0 Å². The third-order valence-electron chi connectivity index (χ3n) is 9.16. The van der Waals surface area contributed by atoms with Crippen molar-refractivity contribution in [1.29, 1.82) is 0 Å². The fourth-order valence-corrected chi connectivity index (χ4v) is 7.30. The summed E-state index contributed by atoms with van der Waals surface area (Å²) >= 11 is 0. The highest BCUT2D eigenvalue weighted by atomic mass is 15.1. The minimum atomic E-state index is 0.672. The molecule has 0 bridgehead atoms. The predicted molar refractivity (Wildman–Crippen MR) is 185 cm³/mol. The van der Waals surface area contributed by atoms with Gasteiger partial charge in [-0.25, -0.2) is 9.97 Å². The summed E-state index contributed by atoms with van der Waals surface area (Å²) in [4.78, 5) is 9.17. The van der Waals surface area contributed by atoms with Gasteiger partial charge in [-0.05, 0) is 66.7 Å². The monoisotopic (exact) mass is 575 g/mol. The first-order valence-corrected chi connectivity index (χ1v) is 15.2. The normalized spacial score (nSPS) is 12.0. The van der Waals surface area contributed by atoms with Gasteiger partial charge in [0.15, 0.2) is 0 Å². The molecular weight excluding hydrogens is 550 g/mol. The lowest BCUT2D eigenvalue weighted by molar-refractivity contribution is 0.988. The highest BCUT2D eigenvalue weighted by Gasteiger charge is 2.18. The van der Waals surface area contributed by atoms with Crippen molar-refractivity contribution in [3.05, 3.63) is 152 Å². The maximum Gasteiger partial charge on any atom is 0.234 e. The van der Waals surface area contributed by atoms with E-state index in [2.05, 4.69) is 157 Å². The van der Waals surface area contributed by atoms with Crippen molar-refractivity contribution in [2.75, 3.05) is 0 Å². The van der Waals surface area contributed by atoms with E-state index in [9.17, 15) is 0 Å². The van der Waals surface area contributed by atoms with Crippen molar-refractivity contribution in [3.63, 3.8) is 0 Å². The van der Waals surface area contributed by atoms with Gasteiger partial charge in [-0.1, -0.05) is 72.8 Å². The van der Waals surface area contributed by atoms with E-state index in [1.54, 1.807) is 12.4 Å². The molecule has 6 aromatic carbocycles. The Morgan fingerprint density at radius 3 is 1.13 bits per heavy atom. The molecule has 0 aliphatic heterocycles. The zero-order valence-electron chi connectivity index (χ0n) is 24.2. The van der Waals surface area contributed by atoms with E-state index in [-0.39, 0.29) is 0 Å². The van der Waals surface area contributed by atoms with Crippen LogP contribution in [-0.4, -0.2) is 23.7 Å². The lowest BCUT2D eigenvalue weighted by atomic mass is 10.1. The molecule has 10 rings (SSSR count). The van der Waals surface area contributed by atoms with Gasteiger partial charge in [0.1, 0.15) is 0 Å². The Hall–Kier alpha value is -6.20. The summed E-state index contributed by atoms with van der Waals surface area (Å²) in [5.41, 5.74) is 9.24. The summed E-state index contributed by atoms with van der Waals surface area (Å²) in [5.74, 6) is 0.672. The largest absolute Gasteiger partial charge is 0.309 e. The van der Waals surface area contributed by atoms with Crippen LogP contribution >= 0.6 is 0 Å². The summed E-state index contributed by atoms with van der Waals surface area (Å²) < 4.78 is 6.94. The minimum absolute atomic E-state index is 0.672. The average Bonchev–Trinajstić information content (AvgIpc) is 3.74. The van der Waals surface area contributed by atoms with Gasteiger partial charge >= 0.3 is 0 Å². The Bertz CT molecular complexity index is 2710. The first kappa shape index (κ1) is 24.3. The Labute approximate surface area is 257 Å².